The van der Waals surface area contributed by atoms with E-state index in [-0.39, 0.29) is 24.4 Å². The highest BCUT2D eigenvalue weighted by atomic mass is 28.4. The van der Waals surface area contributed by atoms with Gasteiger partial charge in [0.05, 0.1) is 13.7 Å². The smallest absolute Gasteiger partial charge is 0.411 e. The molecule has 8 heteroatoms. The molecule has 0 radical (unpaired) electrons. The number of ether oxygens (including phenoxy) is 2. The van der Waals surface area contributed by atoms with Gasteiger partial charge in [0.15, 0.2) is 8.32 Å². The van der Waals surface area contributed by atoms with Crippen LogP contribution in [0, 0.1) is 0 Å². The van der Waals surface area contributed by atoms with E-state index >= 15 is 0 Å². The van der Waals surface area contributed by atoms with Gasteiger partial charge in [0, 0.05) is 13.0 Å². The van der Waals surface area contributed by atoms with Gasteiger partial charge in [-0.05, 0) is 51.7 Å². The number of nitrogens with zero attached hydrogens (tertiary/aromatic N) is 1. The number of esters is 1. The summed E-state index contributed by atoms with van der Waals surface area (Å²) in [6.07, 6.45) is -1.28. The van der Waals surface area contributed by atoms with Crippen molar-refractivity contribution >= 4 is 20.4 Å². The maximum atomic E-state index is 14.3. The van der Waals surface area contributed by atoms with Crippen LogP contribution in [0.1, 0.15) is 60.8 Å². The minimum atomic E-state index is -1.92. The van der Waals surface area contributed by atoms with Crippen LogP contribution in [-0.2, 0) is 18.7 Å². The Kier molecular flexibility index (Phi) is 7.72. The van der Waals surface area contributed by atoms with Crippen molar-refractivity contribution in [2.45, 2.75) is 96.2 Å². The third-order valence-corrected chi connectivity index (χ3v) is 10.2. The van der Waals surface area contributed by atoms with Gasteiger partial charge in [-0.15, -0.1) is 0 Å². The fourth-order valence-corrected chi connectivity index (χ4v) is 4.20. The molecule has 0 aliphatic carbocycles. The summed E-state index contributed by atoms with van der Waals surface area (Å²) in [5.74, 6) is -0.606. The number of carbonyl (C=O) groups is 2. The zero-order valence-electron chi connectivity index (χ0n) is 19.0. The third kappa shape index (κ3) is 5.92. The first-order valence-electron chi connectivity index (χ1n) is 9.93. The predicted molar refractivity (Wildman–Crippen MR) is 110 cm³/mol. The van der Waals surface area contributed by atoms with Crippen LogP contribution in [0.2, 0.25) is 18.1 Å². The second-order valence-electron chi connectivity index (χ2n) is 10.1. The van der Waals surface area contributed by atoms with E-state index in [0.717, 1.165) is 0 Å². The summed E-state index contributed by atoms with van der Waals surface area (Å²) in [6.45, 7) is 16.3. The number of halogens is 1. The Morgan fingerprint density at radius 3 is 2.21 bits per heavy atom. The van der Waals surface area contributed by atoms with Crippen LogP contribution in [0.3, 0.4) is 0 Å². The first-order valence-corrected chi connectivity index (χ1v) is 12.8. The molecule has 164 valence electrons. The molecule has 0 aromatic rings. The van der Waals surface area contributed by atoms with Crippen molar-refractivity contribution in [1.29, 1.82) is 0 Å². The Morgan fingerprint density at radius 1 is 1.18 bits per heavy atom. The summed E-state index contributed by atoms with van der Waals surface area (Å²) < 4.78 is 30.9. The molecule has 1 fully saturated rings. The van der Waals surface area contributed by atoms with Crippen molar-refractivity contribution < 1.29 is 27.9 Å². The molecular formula is C20H38FNO5Si. The maximum absolute atomic E-state index is 14.3. The van der Waals surface area contributed by atoms with E-state index in [2.05, 4.69) is 33.9 Å². The average Bonchev–Trinajstić information content (AvgIpc) is 2.86. The quantitative estimate of drug-likeness (QED) is 0.355. The average molecular weight is 420 g/mol. The molecule has 2 atom stereocenters. The van der Waals surface area contributed by atoms with Crippen LogP contribution in [-0.4, -0.2) is 62.9 Å². The van der Waals surface area contributed by atoms with Gasteiger partial charge < -0.3 is 13.9 Å². The van der Waals surface area contributed by atoms with Crippen molar-refractivity contribution in [2.75, 3.05) is 20.3 Å². The topological polar surface area (TPSA) is 65.1 Å². The first kappa shape index (κ1) is 24.9. The van der Waals surface area contributed by atoms with Crippen molar-refractivity contribution in [3.8, 4) is 0 Å². The largest absolute Gasteiger partial charge is 0.467 e. The SMILES string of the molecule is COC(=O)[C@@]1(CCCO[Si](C)(C)C(C)(C)C)C[C@@H](F)CN1C(=O)OC(C)(C)C. The molecule has 0 unspecified atom stereocenters. The van der Waals surface area contributed by atoms with Gasteiger partial charge in [0.1, 0.15) is 17.3 Å². The Morgan fingerprint density at radius 2 is 1.75 bits per heavy atom. The van der Waals surface area contributed by atoms with Gasteiger partial charge in [-0.1, -0.05) is 20.8 Å². The number of rotatable bonds is 6. The number of alkyl halides is 1. The van der Waals surface area contributed by atoms with E-state index in [0.29, 0.717) is 13.0 Å². The molecule has 1 amide bonds. The second kappa shape index (κ2) is 8.69. The molecule has 0 bridgehead atoms. The van der Waals surface area contributed by atoms with Gasteiger partial charge in [-0.2, -0.15) is 0 Å². The van der Waals surface area contributed by atoms with Crippen LogP contribution >= 0.6 is 0 Å². The third-order valence-electron chi connectivity index (χ3n) is 5.64. The lowest BCUT2D eigenvalue weighted by Crippen LogP contribution is -2.55. The number of hydrogen-bond donors (Lipinski definition) is 0. The normalized spacial score (nSPS) is 23.6. The van der Waals surface area contributed by atoms with Gasteiger partial charge >= 0.3 is 12.1 Å². The van der Waals surface area contributed by atoms with E-state index in [4.69, 9.17) is 13.9 Å². The molecule has 0 spiro atoms. The molecule has 1 heterocycles. The zero-order chi connectivity index (χ0) is 22.0. The van der Waals surface area contributed by atoms with E-state index in [1.165, 1.54) is 12.0 Å². The summed E-state index contributed by atoms with van der Waals surface area (Å²) in [6, 6.07) is 0. The minimum absolute atomic E-state index is 0.0764. The van der Waals surface area contributed by atoms with Crippen LogP contribution in [0.4, 0.5) is 9.18 Å². The molecule has 0 N–H and O–H groups in total. The van der Waals surface area contributed by atoms with Gasteiger partial charge in [-0.3, -0.25) is 4.90 Å². The maximum Gasteiger partial charge on any atom is 0.411 e. The van der Waals surface area contributed by atoms with Crippen LogP contribution in [0.25, 0.3) is 0 Å². The van der Waals surface area contributed by atoms with E-state index in [1.807, 2.05) is 0 Å². The highest BCUT2D eigenvalue weighted by Gasteiger charge is 2.55. The molecule has 0 saturated carbocycles. The predicted octanol–water partition coefficient (Wildman–Crippen LogP) is 4.68. The summed E-state index contributed by atoms with van der Waals surface area (Å²) in [4.78, 5) is 26.5. The van der Waals surface area contributed by atoms with Crippen molar-refractivity contribution in [1.82, 2.24) is 4.90 Å². The van der Waals surface area contributed by atoms with Gasteiger partial charge in [0.2, 0.25) is 0 Å². The fraction of sp³-hybridized carbons (Fsp3) is 0.900. The standard InChI is InChI=1S/C20H38FNO5Si/c1-18(2,3)27-17(24)22-14-15(21)13-20(22,16(23)25-7)11-10-12-26-28(8,9)19(4,5)6/h15H,10-14H2,1-9H3/t15-,20-/m1/s1. The molecule has 1 aliphatic heterocycles. The highest BCUT2D eigenvalue weighted by molar-refractivity contribution is 6.74. The molecule has 6 nitrogen and oxygen atoms in total. The van der Waals surface area contributed by atoms with Gasteiger partial charge in [-0.25, -0.2) is 14.0 Å². The van der Waals surface area contributed by atoms with E-state index in [9.17, 15) is 14.0 Å². The molecule has 0 aromatic carbocycles. The van der Waals surface area contributed by atoms with Crippen molar-refractivity contribution in [2.24, 2.45) is 0 Å². The molecule has 0 aromatic heterocycles. The summed E-state index contributed by atoms with van der Waals surface area (Å²) in [7, 11) is -0.662. The lowest BCUT2D eigenvalue weighted by atomic mass is 9.90. The fourth-order valence-electron chi connectivity index (χ4n) is 3.11. The van der Waals surface area contributed by atoms with Gasteiger partial charge in [0.25, 0.3) is 0 Å². The molecule has 1 saturated heterocycles. The number of likely N-dealkylation sites (tertiary alicyclic amines) is 1. The highest BCUT2D eigenvalue weighted by Crippen LogP contribution is 2.39. The molecule has 28 heavy (non-hydrogen) atoms. The Bertz CT molecular complexity index is 570. The monoisotopic (exact) mass is 419 g/mol. The minimum Gasteiger partial charge on any atom is -0.467 e. The van der Waals surface area contributed by atoms with Crippen molar-refractivity contribution in [3.05, 3.63) is 0 Å². The van der Waals surface area contributed by atoms with Crippen LogP contribution in [0.5, 0.6) is 0 Å². The zero-order valence-corrected chi connectivity index (χ0v) is 20.0. The number of amides is 1. The lowest BCUT2D eigenvalue weighted by Gasteiger charge is -2.38. The lowest BCUT2D eigenvalue weighted by molar-refractivity contribution is -0.154. The Labute approximate surface area is 170 Å². The second-order valence-corrected chi connectivity index (χ2v) is 14.9. The van der Waals surface area contributed by atoms with Crippen LogP contribution in [0.15, 0.2) is 0 Å². The Balaban J connectivity index is 2.95. The molecule has 1 rings (SSSR count). The molecular weight excluding hydrogens is 381 g/mol. The first-order chi connectivity index (χ1) is 12.6. The van der Waals surface area contributed by atoms with E-state index in [1.54, 1.807) is 20.8 Å². The molecule has 1 aliphatic rings. The summed E-state index contributed by atoms with van der Waals surface area (Å²) >= 11 is 0. The van der Waals surface area contributed by atoms with Crippen molar-refractivity contribution in [3.63, 3.8) is 0 Å². The number of hydrogen-bond acceptors (Lipinski definition) is 5. The number of methoxy groups -OCH3 is 1. The van der Waals surface area contributed by atoms with E-state index < -0.39 is 37.7 Å². The summed E-state index contributed by atoms with van der Waals surface area (Å²) in [5, 5.41) is 0.0764. The Hall–Kier alpha value is -1.15. The summed E-state index contributed by atoms with van der Waals surface area (Å²) in [5.41, 5.74) is -2.09. The van der Waals surface area contributed by atoms with Crippen LogP contribution < -0.4 is 0 Å². The number of carbonyl (C=O) groups excluding carboxylic acids is 2.